The highest BCUT2D eigenvalue weighted by Crippen LogP contribution is 2.57. The van der Waals surface area contributed by atoms with Crippen LogP contribution in [0.15, 0.2) is 223 Å². The fourth-order valence-electron chi connectivity index (χ4n) is 12.7. The van der Waals surface area contributed by atoms with Crippen molar-refractivity contribution < 1.29 is 4.42 Å². The number of thiophene rings is 1. The van der Waals surface area contributed by atoms with E-state index in [2.05, 4.69) is 236 Å². The van der Waals surface area contributed by atoms with Crippen molar-refractivity contribution in [1.29, 1.82) is 0 Å². The fraction of sp³-hybridized carbons (Fsp3) is 0.0448. The zero-order valence-electron chi connectivity index (χ0n) is 39.0. The first-order chi connectivity index (χ1) is 34.9. The fourth-order valence-corrected chi connectivity index (χ4v) is 13.9. The molecule has 332 valence electrons. The second kappa shape index (κ2) is 14.2. The molecule has 0 radical (unpaired) electrons. The first-order valence-corrected chi connectivity index (χ1v) is 25.4. The van der Waals surface area contributed by atoms with Crippen molar-refractivity contribution in [3.8, 4) is 27.9 Å². The Kier molecular flexibility index (Phi) is 7.83. The van der Waals surface area contributed by atoms with Crippen molar-refractivity contribution in [2.24, 2.45) is 0 Å². The second-order valence-corrected chi connectivity index (χ2v) is 21.1. The number of benzene rings is 12. The van der Waals surface area contributed by atoms with E-state index in [0.29, 0.717) is 0 Å². The van der Waals surface area contributed by atoms with Crippen molar-refractivity contribution in [3.63, 3.8) is 0 Å². The molecule has 0 fully saturated rings. The van der Waals surface area contributed by atoms with Gasteiger partial charge < -0.3 is 13.9 Å². The maximum Gasteiger partial charge on any atom is 0.135 e. The maximum absolute atomic E-state index is 6.37. The molecule has 0 saturated heterocycles. The largest absolute Gasteiger partial charge is 0.456 e. The number of hydrogen-bond acceptors (Lipinski definition) is 3. The van der Waals surface area contributed by atoms with Crippen LogP contribution in [0.4, 0.5) is 17.1 Å². The van der Waals surface area contributed by atoms with Crippen molar-refractivity contribution in [3.05, 3.63) is 230 Å². The van der Waals surface area contributed by atoms with Crippen LogP contribution >= 0.6 is 11.3 Å². The van der Waals surface area contributed by atoms with Crippen LogP contribution in [0.1, 0.15) is 25.0 Å². The SMILES string of the molecule is CC1(C)c2cc(N(c3ccc(-c4cccc5ccccc45)cc3)c3ccc4oc5ccccc5c4c3)ccc2-c2cc3c4c(ccc5c6sc7ccccc7c6cc(c54)n3-c3ccc4ccccc4c3)c21. The average molecular weight is 923 g/mol. The Balaban J connectivity index is 0.917. The van der Waals surface area contributed by atoms with Gasteiger partial charge in [-0.1, -0.05) is 153 Å². The molecule has 4 heteroatoms. The number of anilines is 3. The number of fused-ring (bicyclic) bond motifs is 13. The Morgan fingerprint density at radius 2 is 1.10 bits per heavy atom. The second-order valence-electron chi connectivity index (χ2n) is 20.0. The Hall–Kier alpha value is -8.70. The van der Waals surface area contributed by atoms with Gasteiger partial charge >= 0.3 is 0 Å². The molecule has 3 aromatic heterocycles. The molecular formula is C67H42N2OS. The monoisotopic (exact) mass is 922 g/mol. The summed E-state index contributed by atoms with van der Waals surface area (Å²) < 4.78 is 11.6. The first-order valence-electron chi connectivity index (χ1n) is 24.6. The van der Waals surface area contributed by atoms with Crippen molar-refractivity contribution >= 4 is 125 Å². The van der Waals surface area contributed by atoms with Gasteiger partial charge in [-0.25, -0.2) is 0 Å². The minimum atomic E-state index is -0.306. The van der Waals surface area contributed by atoms with Gasteiger partial charge in [0.15, 0.2) is 0 Å². The van der Waals surface area contributed by atoms with E-state index in [-0.39, 0.29) is 5.41 Å². The summed E-state index contributed by atoms with van der Waals surface area (Å²) in [5.74, 6) is 0. The number of furan rings is 1. The van der Waals surface area contributed by atoms with E-state index in [9.17, 15) is 0 Å². The summed E-state index contributed by atoms with van der Waals surface area (Å²) in [6, 6.07) is 81.0. The molecule has 15 aromatic rings. The van der Waals surface area contributed by atoms with Gasteiger partial charge in [0.25, 0.3) is 0 Å². The predicted octanol–water partition coefficient (Wildman–Crippen LogP) is 19.4. The molecule has 1 aliphatic rings. The van der Waals surface area contributed by atoms with E-state index in [4.69, 9.17) is 4.42 Å². The smallest absolute Gasteiger partial charge is 0.135 e. The summed E-state index contributed by atoms with van der Waals surface area (Å²) >= 11 is 1.92. The van der Waals surface area contributed by atoms with E-state index in [1.54, 1.807) is 0 Å². The van der Waals surface area contributed by atoms with E-state index in [0.717, 1.165) is 39.0 Å². The van der Waals surface area contributed by atoms with Crippen LogP contribution in [-0.4, -0.2) is 4.57 Å². The Morgan fingerprint density at radius 1 is 0.423 bits per heavy atom. The molecule has 1 aliphatic carbocycles. The standard InChI is InChI=1S/C67H42N2OS/c1-67(2)57-36-46(68(45-29-33-61-54(35-45)50-17-7-9-20-60(50)70-61)43-25-23-41(24-26-43)48-19-11-15-40-13-5-6-16-47(40)48)28-30-49(57)55-37-58-63-52(65(55)67)31-32-53-64(63)59(38-56-51-18-8-10-21-62(51)71-66(53)56)69(58)44-27-22-39-12-3-4-14-42(39)34-44/h3-38H,1-2H3. The summed E-state index contributed by atoms with van der Waals surface area (Å²) in [4.78, 5) is 2.43. The number of para-hydroxylation sites is 1. The number of aromatic nitrogens is 1. The molecule has 0 unspecified atom stereocenters. The highest BCUT2D eigenvalue weighted by molar-refractivity contribution is 7.26. The highest BCUT2D eigenvalue weighted by Gasteiger charge is 2.39. The van der Waals surface area contributed by atoms with E-state index in [1.807, 2.05) is 17.4 Å². The van der Waals surface area contributed by atoms with Gasteiger partial charge in [-0.3, -0.25) is 0 Å². The minimum absolute atomic E-state index is 0.306. The van der Waals surface area contributed by atoms with Gasteiger partial charge in [-0.2, -0.15) is 0 Å². The molecular weight excluding hydrogens is 881 g/mol. The van der Waals surface area contributed by atoms with Crippen LogP contribution in [0.3, 0.4) is 0 Å². The molecule has 0 amide bonds. The highest BCUT2D eigenvalue weighted by atomic mass is 32.1. The maximum atomic E-state index is 6.37. The zero-order chi connectivity index (χ0) is 46.7. The van der Waals surface area contributed by atoms with Crippen LogP contribution in [0, 0.1) is 0 Å². The molecule has 0 saturated carbocycles. The quantitative estimate of drug-likeness (QED) is 0.160. The Morgan fingerprint density at radius 3 is 1.99 bits per heavy atom. The number of hydrogen-bond donors (Lipinski definition) is 0. The number of nitrogens with zero attached hydrogens (tertiary/aromatic N) is 2. The average Bonchev–Trinajstić information content (AvgIpc) is 4.15. The van der Waals surface area contributed by atoms with Crippen molar-refractivity contribution in [2.75, 3.05) is 4.90 Å². The molecule has 0 atom stereocenters. The molecule has 0 aliphatic heterocycles. The summed E-state index contributed by atoms with van der Waals surface area (Å²) in [7, 11) is 0. The third-order valence-corrected chi connectivity index (χ3v) is 17.1. The molecule has 0 bridgehead atoms. The molecule has 12 aromatic carbocycles. The number of rotatable bonds is 5. The third kappa shape index (κ3) is 5.43. The summed E-state index contributed by atoms with van der Waals surface area (Å²) in [6.07, 6.45) is 0. The molecule has 3 heterocycles. The van der Waals surface area contributed by atoms with Crippen LogP contribution < -0.4 is 4.90 Å². The lowest BCUT2D eigenvalue weighted by Gasteiger charge is -2.28. The molecule has 3 nitrogen and oxygen atoms in total. The lowest BCUT2D eigenvalue weighted by Crippen LogP contribution is -2.17. The van der Waals surface area contributed by atoms with Crippen LogP contribution in [0.25, 0.3) is 124 Å². The topological polar surface area (TPSA) is 21.3 Å². The van der Waals surface area contributed by atoms with Gasteiger partial charge in [0.2, 0.25) is 0 Å². The summed E-state index contributed by atoms with van der Waals surface area (Å²) in [6.45, 7) is 4.87. The predicted molar refractivity (Wildman–Crippen MR) is 302 cm³/mol. The van der Waals surface area contributed by atoms with Gasteiger partial charge in [0.05, 0.1) is 11.0 Å². The van der Waals surface area contributed by atoms with E-state index >= 15 is 0 Å². The van der Waals surface area contributed by atoms with E-state index in [1.165, 1.54) is 113 Å². The van der Waals surface area contributed by atoms with Gasteiger partial charge in [0.1, 0.15) is 11.2 Å². The van der Waals surface area contributed by atoms with Gasteiger partial charge in [0, 0.05) is 75.3 Å². The Bertz CT molecular complexity index is 4730. The summed E-state index contributed by atoms with van der Waals surface area (Å²) in [5.41, 5.74) is 16.2. The molecule has 0 spiro atoms. The van der Waals surface area contributed by atoms with Gasteiger partial charge in [-0.15, -0.1) is 11.3 Å². The van der Waals surface area contributed by atoms with Crippen molar-refractivity contribution in [1.82, 2.24) is 4.57 Å². The Labute approximate surface area is 413 Å². The minimum Gasteiger partial charge on any atom is -0.456 e. The third-order valence-electron chi connectivity index (χ3n) is 15.9. The lowest BCUT2D eigenvalue weighted by atomic mass is 9.79. The zero-order valence-corrected chi connectivity index (χ0v) is 39.8. The summed E-state index contributed by atoms with van der Waals surface area (Å²) in [5, 5.41) is 15.2. The van der Waals surface area contributed by atoms with Gasteiger partial charge in [-0.05, 0) is 139 Å². The molecule has 71 heavy (non-hydrogen) atoms. The van der Waals surface area contributed by atoms with Crippen LogP contribution in [-0.2, 0) is 5.41 Å². The normalized spacial score (nSPS) is 13.3. The van der Waals surface area contributed by atoms with Crippen LogP contribution in [0.5, 0.6) is 0 Å². The lowest BCUT2D eigenvalue weighted by molar-refractivity contribution is 0.666. The van der Waals surface area contributed by atoms with Crippen LogP contribution in [0.2, 0.25) is 0 Å². The molecule has 0 N–H and O–H groups in total. The van der Waals surface area contributed by atoms with E-state index < -0.39 is 0 Å². The molecule has 16 rings (SSSR count). The van der Waals surface area contributed by atoms with Crippen molar-refractivity contribution in [2.45, 2.75) is 19.3 Å². The first kappa shape index (κ1) is 39.2.